The molecular formula is C22H18Cl2N2O4. The van der Waals surface area contributed by atoms with Crippen LogP contribution < -0.4 is 19.5 Å². The van der Waals surface area contributed by atoms with Crippen molar-refractivity contribution in [3.8, 4) is 35.7 Å². The van der Waals surface area contributed by atoms with Gasteiger partial charge in [-0.3, -0.25) is 4.79 Å². The third-order valence-electron chi connectivity index (χ3n) is 3.93. The Morgan fingerprint density at radius 1 is 1.20 bits per heavy atom. The van der Waals surface area contributed by atoms with Crippen molar-refractivity contribution in [2.45, 2.75) is 6.54 Å². The number of hydrogen-bond donors (Lipinski definition) is 1. The van der Waals surface area contributed by atoms with Gasteiger partial charge in [-0.1, -0.05) is 29.1 Å². The molecule has 0 unspecified atom stereocenters. The average molecular weight is 445 g/mol. The molecule has 0 fully saturated rings. The molecule has 2 rings (SSSR count). The molecule has 0 saturated heterocycles. The van der Waals surface area contributed by atoms with E-state index in [-0.39, 0.29) is 34.5 Å². The van der Waals surface area contributed by atoms with Gasteiger partial charge < -0.3 is 19.5 Å². The number of carbonyl (C=O) groups is 1. The summed E-state index contributed by atoms with van der Waals surface area (Å²) in [6, 6.07) is 10.1. The average Bonchev–Trinajstić information content (AvgIpc) is 2.75. The van der Waals surface area contributed by atoms with Gasteiger partial charge >= 0.3 is 0 Å². The van der Waals surface area contributed by atoms with Crippen LogP contribution >= 0.6 is 23.2 Å². The number of nitriles is 1. The van der Waals surface area contributed by atoms with Crippen LogP contribution in [0, 0.1) is 23.7 Å². The number of ether oxygens (including phenoxy) is 3. The van der Waals surface area contributed by atoms with Crippen LogP contribution in [0.3, 0.4) is 0 Å². The van der Waals surface area contributed by atoms with Crippen LogP contribution in [0.25, 0.3) is 6.08 Å². The van der Waals surface area contributed by atoms with Crippen LogP contribution in [0.4, 0.5) is 0 Å². The summed E-state index contributed by atoms with van der Waals surface area (Å²) in [5.41, 5.74) is 1.07. The molecule has 154 valence electrons. The van der Waals surface area contributed by atoms with Crippen LogP contribution in [0.15, 0.2) is 35.9 Å². The van der Waals surface area contributed by atoms with E-state index in [0.717, 1.165) is 5.56 Å². The largest absolute Gasteiger partial charge is 0.497 e. The molecule has 6 nitrogen and oxygen atoms in total. The monoisotopic (exact) mass is 444 g/mol. The molecular weight excluding hydrogens is 427 g/mol. The molecule has 0 heterocycles. The Morgan fingerprint density at radius 2 is 1.90 bits per heavy atom. The molecule has 2 aromatic carbocycles. The lowest BCUT2D eigenvalue weighted by molar-refractivity contribution is -0.117. The number of halogens is 2. The van der Waals surface area contributed by atoms with Crippen molar-refractivity contribution < 1.29 is 19.0 Å². The zero-order valence-electron chi connectivity index (χ0n) is 16.3. The van der Waals surface area contributed by atoms with Gasteiger partial charge in [0, 0.05) is 18.2 Å². The lowest BCUT2D eigenvalue weighted by atomic mass is 10.1. The highest BCUT2D eigenvalue weighted by molar-refractivity contribution is 6.37. The number of rotatable bonds is 8. The number of benzene rings is 2. The smallest absolute Gasteiger partial charge is 0.262 e. The van der Waals surface area contributed by atoms with Gasteiger partial charge in [-0.2, -0.15) is 5.26 Å². The van der Waals surface area contributed by atoms with E-state index in [2.05, 4.69) is 11.2 Å². The fourth-order valence-corrected chi connectivity index (χ4v) is 3.11. The van der Waals surface area contributed by atoms with Crippen LogP contribution in [-0.4, -0.2) is 26.7 Å². The lowest BCUT2D eigenvalue weighted by Crippen LogP contribution is -2.24. The van der Waals surface area contributed by atoms with E-state index in [0.29, 0.717) is 17.1 Å². The maximum absolute atomic E-state index is 12.5. The highest BCUT2D eigenvalue weighted by Gasteiger charge is 2.13. The zero-order valence-corrected chi connectivity index (χ0v) is 17.8. The molecule has 1 N–H and O–H groups in total. The first-order chi connectivity index (χ1) is 14.4. The molecule has 1 amide bonds. The summed E-state index contributed by atoms with van der Waals surface area (Å²) < 4.78 is 15.7. The number of nitrogens with one attached hydrogen (secondary N) is 1. The van der Waals surface area contributed by atoms with Crippen LogP contribution in [-0.2, 0) is 11.3 Å². The van der Waals surface area contributed by atoms with Crippen molar-refractivity contribution in [1.29, 1.82) is 5.26 Å². The van der Waals surface area contributed by atoms with Gasteiger partial charge in [0.05, 0.1) is 24.3 Å². The molecule has 0 spiro atoms. The van der Waals surface area contributed by atoms with Gasteiger partial charge in [0.25, 0.3) is 5.91 Å². The third kappa shape index (κ3) is 5.84. The first-order valence-corrected chi connectivity index (χ1v) is 9.35. The summed E-state index contributed by atoms with van der Waals surface area (Å²) in [6.07, 6.45) is 6.54. The van der Waals surface area contributed by atoms with Crippen molar-refractivity contribution in [2.75, 3.05) is 20.8 Å². The van der Waals surface area contributed by atoms with Gasteiger partial charge in [-0.05, 0) is 35.9 Å². The molecule has 2 aromatic rings. The predicted octanol–water partition coefficient (Wildman–Crippen LogP) is 4.25. The van der Waals surface area contributed by atoms with Crippen molar-refractivity contribution in [2.24, 2.45) is 0 Å². The van der Waals surface area contributed by atoms with E-state index in [9.17, 15) is 10.1 Å². The Hall–Kier alpha value is -3.32. The molecule has 0 saturated carbocycles. The topological polar surface area (TPSA) is 80.6 Å². The van der Waals surface area contributed by atoms with E-state index < -0.39 is 5.91 Å². The number of amides is 1. The van der Waals surface area contributed by atoms with E-state index in [1.807, 2.05) is 6.07 Å². The number of terminal acetylenes is 1. The summed E-state index contributed by atoms with van der Waals surface area (Å²) in [6.45, 7) is 0.167. The second kappa shape index (κ2) is 11.0. The van der Waals surface area contributed by atoms with Crippen LogP contribution in [0.2, 0.25) is 10.0 Å². The first-order valence-electron chi connectivity index (χ1n) is 8.59. The standard InChI is InChI=1S/C22H18Cl2N2O4/c1-4-7-30-21-18(23)9-14(10-19(21)24)8-16(12-25)22(27)26-13-15-5-6-17(28-2)11-20(15)29-3/h1,5-6,8-11H,7,13H2,2-3H3,(H,26,27)/b16-8+. The summed E-state index contributed by atoms with van der Waals surface area (Å²) >= 11 is 12.3. The summed E-state index contributed by atoms with van der Waals surface area (Å²) in [7, 11) is 3.07. The van der Waals surface area contributed by atoms with Crippen molar-refractivity contribution >= 4 is 35.2 Å². The summed E-state index contributed by atoms with van der Waals surface area (Å²) in [4.78, 5) is 12.5. The fourth-order valence-electron chi connectivity index (χ4n) is 2.50. The molecule has 0 atom stereocenters. The Bertz CT molecular complexity index is 1030. The van der Waals surface area contributed by atoms with Crippen molar-refractivity contribution in [1.82, 2.24) is 5.32 Å². The Balaban J connectivity index is 2.18. The van der Waals surface area contributed by atoms with E-state index in [4.69, 9.17) is 43.8 Å². The third-order valence-corrected chi connectivity index (χ3v) is 4.49. The van der Waals surface area contributed by atoms with Crippen LogP contribution in [0.5, 0.6) is 17.2 Å². The minimum absolute atomic E-state index is 0.00923. The Labute approximate surface area is 184 Å². The fraction of sp³-hybridized carbons (Fsp3) is 0.182. The highest BCUT2D eigenvalue weighted by atomic mass is 35.5. The van der Waals surface area contributed by atoms with Gasteiger partial charge in [-0.15, -0.1) is 6.42 Å². The molecule has 0 aliphatic heterocycles. The van der Waals surface area contributed by atoms with E-state index in [1.165, 1.54) is 25.3 Å². The molecule has 0 aliphatic carbocycles. The maximum Gasteiger partial charge on any atom is 0.262 e. The van der Waals surface area contributed by atoms with Gasteiger partial charge in [-0.25, -0.2) is 0 Å². The normalized spacial score (nSPS) is 10.5. The number of methoxy groups -OCH3 is 2. The zero-order chi connectivity index (χ0) is 22.1. The second-order valence-electron chi connectivity index (χ2n) is 5.84. The number of nitrogens with zero attached hydrogens (tertiary/aromatic N) is 1. The van der Waals surface area contributed by atoms with Crippen LogP contribution in [0.1, 0.15) is 11.1 Å². The van der Waals surface area contributed by atoms with Crippen molar-refractivity contribution in [3.05, 3.63) is 57.1 Å². The van der Waals surface area contributed by atoms with Gasteiger partial charge in [0.15, 0.2) is 5.75 Å². The molecule has 0 bridgehead atoms. The molecule has 0 radical (unpaired) electrons. The molecule has 8 heteroatoms. The number of carbonyl (C=O) groups excluding carboxylic acids is 1. The predicted molar refractivity (Wildman–Crippen MR) is 116 cm³/mol. The van der Waals surface area contributed by atoms with Gasteiger partial charge in [0.1, 0.15) is 29.7 Å². The Kier molecular flexibility index (Phi) is 8.43. The minimum Gasteiger partial charge on any atom is -0.497 e. The highest BCUT2D eigenvalue weighted by Crippen LogP contribution is 2.34. The van der Waals surface area contributed by atoms with E-state index >= 15 is 0 Å². The first kappa shape index (κ1) is 23.0. The summed E-state index contributed by atoms with van der Waals surface area (Å²) in [5.74, 6) is 3.18. The molecule has 30 heavy (non-hydrogen) atoms. The van der Waals surface area contributed by atoms with Gasteiger partial charge in [0.2, 0.25) is 0 Å². The molecule has 0 aromatic heterocycles. The van der Waals surface area contributed by atoms with E-state index in [1.54, 1.807) is 25.3 Å². The number of hydrogen-bond acceptors (Lipinski definition) is 5. The minimum atomic E-state index is -0.560. The SMILES string of the molecule is C#CCOc1c(Cl)cc(/C=C(\C#N)C(=O)NCc2ccc(OC)cc2OC)cc1Cl. The quantitative estimate of drug-likeness (QED) is 0.374. The Morgan fingerprint density at radius 3 is 2.47 bits per heavy atom. The molecule has 0 aliphatic rings. The summed E-state index contributed by atoms with van der Waals surface area (Å²) in [5, 5.41) is 12.5. The lowest BCUT2D eigenvalue weighted by Gasteiger charge is -2.11. The second-order valence-corrected chi connectivity index (χ2v) is 6.65. The van der Waals surface area contributed by atoms with Crippen molar-refractivity contribution in [3.63, 3.8) is 0 Å². The maximum atomic E-state index is 12.5.